The van der Waals surface area contributed by atoms with Gasteiger partial charge in [0.1, 0.15) is 5.69 Å². The summed E-state index contributed by atoms with van der Waals surface area (Å²) in [7, 11) is 0. The van der Waals surface area contributed by atoms with Gasteiger partial charge in [-0.25, -0.2) is 4.98 Å². The number of fused-ring (bicyclic) bond motifs is 4. The van der Waals surface area contributed by atoms with Gasteiger partial charge in [-0.05, 0) is 70.8 Å². The van der Waals surface area contributed by atoms with E-state index in [4.69, 9.17) is 0 Å². The van der Waals surface area contributed by atoms with Crippen LogP contribution in [-0.4, -0.2) is 9.55 Å². The van der Waals surface area contributed by atoms with Crippen LogP contribution in [-0.2, 0) is 0 Å². The third kappa shape index (κ3) is 3.66. The van der Waals surface area contributed by atoms with Crippen molar-refractivity contribution in [2.75, 3.05) is 0 Å². The lowest BCUT2D eigenvalue weighted by Gasteiger charge is -2.08. The molecule has 2 heteroatoms. The SMILES string of the molecule is C(#Cc1ncccc1-c1cccc2ccccc12)c1ccc2c(c1)c1ccccc1n2-c1ccccc1. The van der Waals surface area contributed by atoms with Crippen LogP contribution in [0.25, 0.3) is 49.4 Å². The highest BCUT2D eigenvalue weighted by Crippen LogP contribution is 2.33. The van der Waals surface area contributed by atoms with Crippen molar-refractivity contribution in [3.05, 3.63) is 145 Å². The maximum atomic E-state index is 4.66. The van der Waals surface area contributed by atoms with Crippen LogP contribution < -0.4 is 0 Å². The molecule has 0 N–H and O–H groups in total. The topological polar surface area (TPSA) is 17.8 Å². The number of pyridine rings is 1. The first-order valence-corrected chi connectivity index (χ1v) is 12.4. The summed E-state index contributed by atoms with van der Waals surface area (Å²) >= 11 is 0. The maximum absolute atomic E-state index is 4.66. The van der Waals surface area contributed by atoms with Crippen molar-refractivity contribution in [1.82, 2.24) is 9.55 Å². The average molecular weight is 471 g/mol. The van der Waals surface area contributed by atoms with Gasteiger partial charge in [0.05, 0.1) is 11.0 Å². The average Bonchev–Trinajstić information content (AvgIpc) is 3.30. The van der Waals surface area contributed by atoms with E-state index in [-0.39, 0.29) is 0 Å². The largest absolute Gasteiger partial charge is 0.309 e. The first kappa shape index (κ1) is 21.2. The van der Waals surface area contributed by atoms with Crippen LogP contribution in [0.5, 0.6) is 0 Å². The van der Waals surface area contributed by atoms with Crippen LogP contribution in [0.3, 0.4) is 0 Å². The molecule has 37 heavy (non-hydrogen) atoms. The second-order valence-electron chi connectivity index (χ2n) is 9.10. The van der Waals surface area contributed by atoms with Gasteiger partial charge >= 0.3 is 0 Å². The fourth-order valence-electron chi connectivity index (χ4n) is 5.22. The van der Waals surface area contributed by atoms with E-state index in [1.165, 1.54) is 32.6 Å². The lowest BCUT2D eigenvalue weighted by molar-refractivity contribution is 1.18. The minimum absolute atomic E-state index is 0.783. The van der Waals surface area contributed by atoms with Crippen molar-refractivity contribution < 1.29 is 0 Å². The van der Waals surface area contributed by atoms with Gasteiger partial charge in [0.15, 0.2) is 0 Å². The van der Waals surface area contributed by atoms with Crippen LogP contribution in [0.4, 0.5) is 0 Å². The molecule has 2 heterocycles. The van der Waals surface area contributed by atoms with Gasteiger partial charge in [-0.15, -0.1) is 0 Å². The van der Waals surface area contributed by atoms with E-state index in [1.807, 2.05) is 12.3 Å². The van der Waals surface area contributed by atoms with E-state index in [1.54, 1.807) is 0 Å². The number of hydrogen-bond donors (Lipinski definition) is 0. The Hall–Kier alpha value is -5.13. The predicted octanol–water partition coefficient (Wildman–Crippen LogP) is 8.40. The van der Waals surface area contributed by atoms with E-state index < -0.39 is 0 Å². The molecule has 0 unspecified atom stereocenters. The summed E-state index contributed by atoms with van der Waals surface area (Å²) in [6.07, 6.45) is 1.81. The fourth-order valence-corrected chi connectivity index (χ4v) is 5.22. The summed E-state index contributed by atoms with van der Waals surface area (Å²) in [5.41, 5.74) is 7.47. The molecular formula is C35H22N2. The van der Waals surface area contributed by atoms with Crippen molar-refractivity contribution in [3.63, 3.8) is 0 Å². The first-order valence-electron chi connectivity index (χ1n) is 12.4. The van der Waals surface area contributed by atoms with Crippen LogP contribution >= 0.6 is 0 Å². The molecule has 0 bridgehead atoms. The molecule has 7 rings (SSSR count). The molecule has 0 saturated carbocycles. The molecular weight excluding hydrogens is 448 g/mol. The number of nitrogens with zero attached hydrogens (tertiary/aromatic N) is 2. The lowest BCUT2D eigenvalue weighted by Crippen LogP contribution is -1.92. The highest BCUT2D eigenvalue weighted by atomic mass is 15.0. The van der Waals surface area contributed by atoms with Crippen molar-refractivity contribution in [1.29, 1.82) is 0 Å². The molecule has 0 aliphatic heterocycles. The molecule has 2 nitrogen and oxygen atoms in total. The van der Waals surface area contributed by atoms with E-state index in [0.717, 1.165) is 28.1 Å². The number of aromatic nitrogens is 2. The first-order chi connectivity index (χ1) is 18.4. The van der Waals surface area contributed by atoms with Gasteiger partial charge in [0.2, 0.25) is 0 Å². The summed E-state index contributed by atoms with van der Waals surface area (Å²) in [4.78, 5) is 4.66. The van der Waals surface area contributed by atoms with Crippen molar-refractivity contribution >= 4 is 32.6 Å². The Labute approximate surface area is 215 Å². The van der Waals surface area contributed by atoms with Gasteiger partial charge in [-0.1, -0.05) is 84.8 Å². The van der Waals surface area contributed by atoms with Crippen LogP contribution in [0.1, 0.15) is 11.3 Å². The Morgan fingerprint density at radius 3 is 2.16 bits per heavy atom. The third-order valence-corrected chi connectivity index (χ3v) is 6.90. The highest BCUT2D eigenvalue weighted by molar-refractivity contribution is 6.09. The van der Waals surface area contributed by atoms with Gasteiger partial charge in [0, 0.05) is 33.8 Å². The summed E-state index contributed by atoms with van der Waals surface area (Å²) in [6, 6.07) is 44.5. The highest BCUT2D eigenvalue weighted by Gasteiger charge is 2.12. The second kappa shape index (κ2) is 8.82. The molecule has 0 radical (unpaired) electrons. The molecule has 172 valence electrons. The zero-order valence-electron chi connectivity index (χ0n) is 20.1. The number of para-hydroxylation sites is 2. The Bertz CT molecular complexity index is 1980. The third-order valence-electron chi connectivity index (χ3n) is 6.90. The van der Waals surface area contributed by atoms with Crippen LogP contribution in [0.2, 0.25) is 0 Å². The quantitative estimate of drug-likeness (QED) is 0.232. The Balaban J connectivity index is 1.37. The van der Waals surface area contributed by atoms with Gasteiger partial charge in [-0.2, -0.15) is 0 Å². The van der Waals surface area contributed by atoms with Crippen molar-refractivity contribution in [2.24, 2.45) is 0 Å². The fraction of sp³-hybridized carbons (Fsp3) is 0. The minimum Gasteiger partial charge on any atom is -0.309 e. The zero-order chi connectivity index (χ0) is 24.6. The number of rotatable bonds is 2. The molecule has 0 amide bonds. The van der Waals surface area contributed by atoms with Gasteiger partial charge in [-0.3, -0.25) is 0 Å². The molecule has 0 saturated heterocycles. The van der Waals surface area contributed by atoms with E-state index in [0.29, 0.717) is 0 Å². The summed E-state index contributed by atoms with van der Waals surface area (Å²) in [5.74, 6) is 6.78. The molecule has 2 aromatic heterocycles. The van der Waals surface area contributed by atoms with E-state index in [9.17, 15) is 0 Å². The molecule has 0 fully saturated rings. The van der Waals surface area contributed by atoms with Crippen LogP contribution in [0, 0.1) is 11.8 Å². The Kier molecular flexibility index (Phi) is 5.05. The van der Waals surface area contributed by atoms with Gasteiger partial charge < -0.3 is 4.57 Å². The normalized spacial score (nSPS) is 11.0. The lowest BCUT2D eigenvalue weighted by atomic mass is 9.97. The smallest absolute Gasteiger partial charge is 0.121 e. The summed E-state index contributed by atoms with van der Waals surface area (Å²) < 4.78 is 2.32. The molecule has 7 aromatic rings. The van der Waals surface area contributed by atoms with Crippen LogP contribution in [0.15, 0.2) is 134 Å². The van der Waals surface area contributed by atoms with Gasteiger partial charge in [0.25, 0.3) is 0 Å². The summed E-state index contributed by atoms with van der Waals surface area (Å²) in [5, 5.41) is 4.83. The monoisotopic (exact) mass is 470 g/mol. The maximum Gasteiger partial charge on any atom is 0.121 e. The van der Waals surface area contributed by atoms with Crippen molar-refractivity contribution in [2.45, 2.75) is 0 Å². The standard InChI is InChI=1S/C35H22N2/c1-2-12-27(13-3-1)37-34-18-7-6-15-31(34)32-24-25(20-22-35(32)37)19-21-33-30(17-9-23-36-33)29-16-8-11-26-10-4-5-14-28(26)29/h1-18,20,22-24H. The van der Waals surface area contributed by atoms with E-state index in [2.05, 4.69) is 143 Å². The molecule has 0 aliphatic carbocycles. The molecule has 0 atom stereocenters. The molecule has 0 spiro atoms. The Morgan fingerprint density at radius 1 is 0.514 bits per heavy atom. The second-order valence-corrected chi connectivity index (χ2v) is 9.10. The number of hydrogen-bond acceptors (Lipinski definition) is 1. The molecule has 0 aliphatic rings. The zero-order valence-corrected chi connectivity index (χ0v) is 20.1. The van der Waals surface area contributed by atoms with E-state index >= 15 is 0 Å². The minimum atomic E-state index is 0.783. The Morgan fingerprint density at radius 2 is 1.24 bits per heavy atom. The predicted molar refractivity (Wildman–Crippen MR) is 154 cm³/mol. The number of benzene rings is 5. The molecule has 5 aromatic carbocycles. The van der Waals surface area contributed by atoms with Crippen molar-refractivity contribution in [3.8, 4) is 28.7 Å². The summed E-state index contributed by atoms with van der Waals surface area (Å²) in [6.45, 7) is 0.